The monoisotopic (exact) mass is 516 g/mol. The van der Waals surface area contributed by atoms with E-state index in [4.69, 9.17) is 19.3 Å². The summed E-state index contributed by atoms with van der Waals surface area (Å²) in [5, 5.41) is 9.07. The summed E-state index contributed by atoms with van der Waals surface area (Å²) in [6.07, 6.45) is 3.70. The van der Waals surface area contributed by atoms with Crippen LogP contribution in [0.5, 0.6) is 5.75 Å². The minimum Gasteiger partial charge on any atom is -0.481 e. The van der Waals surface area contributed by atoms with Crippen LogP contribution >= 0.6 is 0 Å². The Hall–Kier alpha value is -3.49. The van der Waals surface area contributed by atoms with E-state index >= 15 is 0 Å². The number of carbonyl (C=O) groups is 5. The Balaban J connectivity index is 1.65. The van der Waals surface area contributed by atoms with Crippen molar-refractivity contribution in [2.24, 2.45) is 17.3 Å². The van der Waals surface area contributed by atoms with Gasteiger partial charge in [-0.05, 0) is 43.4 Å². The van der Waals surface area contributed by atoms with Crippen LogP contribution < -0.4 is 4.74 Å². The SMILES string of the molecule is C=CC(=O)OCC(C)(C)CC(=O)CCC(=O)OCCc1ccc(OC(=O)C2CCC(C(=O)O)CC2)cc1. The average Bonchev–Trinajstić information content (AvgIpc) is 2.87. The molecule has 1 aromatic carbocycles. The maximum atomic E-state index is 12.4. The predicted molar refractivity (Wildman–Crippen MR) is 134 cm³/mol. The van der Waals surface area contributed by atoms with Gasteiger partial charge in [0.2, 0.25) is 0 Å². The van der Waals surface area contributed by atoms with Gasteiger partial charge in [-0.25, -0.2) is 4.79 Å². The molecule has 0 aliphatic heterocycles. The minimum atomic E-state index is -0.814. The summed E-state index contributed by atoms with van der Waals surface area (Å²) in [5.74, 6) is -2.55. The zero-order valence-corrected chi connectivity index (χ0v) is 21.5. The van der Waals surface area contributed by atoms with Gasteiger partial charge >= 0.3 is 23.9 Å². The number of carboxylic acids is 1. The topological polar surface area (TPSA) is 133 Å². The number of hydrogen-bond donors (Lipinski definition) is 1. The van der Waals surface area contributed by atoms with Crippen LogP contribution in [0.2, 0.25) is 0 Å². The normalized spacial score (nSPS) is 17.4. The molecule has 2 rings (SSSR count). The number of rotatable bonds is 14. The van der Waals surface area contributed by atoms with Crippen molar-refractivity contribution in [1.82, 2.24) is 0 Å². The van der Waals surface area contributed by atoms with Crippen LogP contribution in [0.3, 0.4) is 0 Å². The van der Waals surface area contributed by atoms with E-state index in [1.807, 2.05) is 0 Å². The lowest BCUT2D eigenvalue weighted by atomic mass is 9.82. The standard InChI is InChI=1S/C28H36O9/c1-4-24(30)36-18-28(2,3)17-22(29)11-14-25(31)35-16-15-19-5-12-23(13-6-19)37-27(34)21-9-7-20(8-10-21)26(32)33/h4-6,12-13,20-21H,1,7-11,14-18H2,2-3H3,(H,32,33). The van der Waals surface area contributed by atoms with Crippen molar-refractivity contribution in [2.75, 3.05) is 13.2 Å². The van der Waals surface area contributed by atoms with E-state index in [2.05, 4.69) is 6.58 Å². The van der Waals surface area contributed by atoms with E-state index < -0.39 is 23.3 Å². The fraction of sp³-hybridized carbons (Fsp3) is 0.536. The van der Waals surface area contributed by atoms with E-state index in [0.717, 1.165) is 11.6 Å². The van der Waals surface area contributed by atoms with Crippen molar-refractivity contribution in [3.8, 4) is 5.75 Å². The summed E-state index contributed by atoms with van der Waals surface area (Å²) < 4.78 is 15.7. The molecule has 1 aromatic rings. The third-order valence-corrected chi connectivity index (χ3v) is 6.26. The molecule has 0 radical (unpaired) electrons. The molecule has 0 bridgehead atoms. The molecule has 1 saturated carbocycles. The number of aliphatic carboxylic acids is 1. The molecule has 37 heavy (non-hydrogen) atoms. The minimum absolute atomic E-state index is 0.0232. The first-order chi connectivity index (χ1) is 17.5. The van der Waals surface area contributed by atoms with Gasteiger partial charge in [-0.2, -0.15) is 0 Å². The third-order valence-electron chi connectivity index (χ3n) is 6.26. The largest absolute Gasteiger partial charge is 0.481 e. The number of hydrogen-bond acceptors (Lipinski definition) is 8. The predicted octanol–water partition coefficient (Wildman–Crippen LogP) is 4.06. The van der Waals surface area contributed by atoms with Gasteiger partial charge in [-0.3, -0.25) is 19.2 Å². The molecule has 0 saturated heterocycles. The van der Waals surface area contributed by atoms with Gasteiger partial charge in [0.25, 0.3) is 0 Å². The zero-order chi connectivity index (χ0) is 27.4. The summed E-state index contributed by atoms with van der Waals surface area (Å²) in [4.78, 5) is 58.8. The van der Waals surface area contributed by atoms with E-state index in [1.165, 1.54) is 0 Å². The Bertz CT molecular complexity index is 970. The van der Waals surface area contributed by atoms with Crippen molar-refractivity contribution >= 4 is 29.7 Å². The summed E-state index contributed by atoms with van der Waals surface area (Å²) in [5.41, 5.74) is 0.349. The number of esters is 3. The number of carbonyl (C=O) groups excluding carboxylic acids is 4. The number of Topliss-reactive ketones (excluding diaryl/α,β-unsaturated/α-hetero) is 1. The highest BCUT2D eigenvalue weighted by molar-refractivity contribution is 5.83. The van der Waals surface area contributed by atoms with Gasteiger partial charge in [0.05, 0.1) is 31.5 Å². The summed E-state index contributed by atoms with van der Waals surface area (Å²) in [7, 11) is 0. The lowest BCUT2D eigenvalue weighted by molar-refractivity contribution is -0.146. The molecular formula is C28H36O9. The highest BCUT2D eigenvalue weighted by atomic mass is 16.5. The Morgan fingerprint density at radius 3 is 2.19 bits per heavy atom. The van der Waals surface area contributed by atoms with Crippen LogP contribution in [0, 0.1) is 17.3 Å². The number of ketones is 1. The fourth-order valence-corrected chi connectivity index (χ4v) is 4.09. The van der Waals surface area contributed by atoms with Crippen molar-refractivity contribution in [1.29, 1.82) is 0 Å². The average molecular weight is 517 g/mol. The summed E-state index contributed by atoms with van der Waals surface area (Å²) >= 11 is 0. The molecule has 9 heteroatoms. The van der Waals surface area contributed by atoms with Crippen LogP contribution in [-0.4, -0.2) is 48.0 Å². The molecular weight excluding hydrogens is 480 g/mol. The van der Waals surface area contributed by atoms with Gasteiger partial charge in [-0.1, -0.05) is 32.6 Å². The van der Waals surface area contributed by atoms with E-state index in [9.17, 15) is 24.0 Å². The molecule has 0 aromatic heterocycles. The second-order valence-corrected chi connectivity index (χ2v) is 10.1. The second-order valence-electron chi connectivity index (χ2n) is 10.1. The van der Waals surface area contributed by atoms with Gasteiger partial charge < -0.3 is 19.3 Å². The van der Waals surface area contributed by atoms with Gasteiger partial charge in [0.15, 0.2) is 0 Å². The molecule has 1 fully saturated rings. The van der Waals surface area contributed by atoms with Crippen LogP contribution in [0.25, 0.3) is 0 Å². The van der Waals surface area contributed by atoms with Gasteiger partial charge in [0.1, 0.15) is 11.5 Å². The van der Waals surface area contributed by atoms with E-state index in [0.29, 0.717) is 37.9 Å². The molecule has 1 N–H and O–H groups in total. The number of benzene rings is 1. The Morgan fingerprint density at radius 1 is 0.973 bits per heavy atom. The quantitative estimate of drug-likeness (QED) is 0.221. The number of ether oxygens (including phenoxy) is 3. The fourth-order valence-electron chi connectivity index (χ4n) is 4.09. The maximum Gasteiger partial charge on any atom is 0.330 e. The molecule has 9 nitrogen and oxygen atoms in total. The highest BCUT2D eigenvalue weighted by Gasteiger charge is 2.31. The van der Waals surface area contributed by atoms with Crippen molar-refractivity contribution in [3.63, 3.8) is 0 Å². The van der Waals surface area contributed by atoms with E-state index in [-0.39, 0.29) is 56.1 Å². The molecule has 0 atom stereocenters. The molecule has 0 unspecified atom stereocenters. The third kappa shape index (κ3) is 11.0. The highest BCUT2D eigenvalue weighted by Crippen LogP contribution is 2.30. The molecule has 1 aliphatic carbocycles. The van der Waals surface area contributed by atoms with E-state index in [1.54, 1.807) is 38.1 Å². The van der Waals surface area contributed by atoms with Gasteiger partial charge in [0, 0.05) is 30.8 Å². The zero-order valence-electron chi connectivity index (χ0n) is 21.5. The Labute approximate surface area is 217 Å². The smallest absolute Gasteiger partial charge is 0.330 e. The summed E-state index contributed by atoms with van der Waals surface area (Å²) in [6, 6.07) is 6.90. The summed E-state index contributed by atoms with van der Waals surface area (Å²) in [6.45, 7) is 7.17. The number of carboxylic acid groups (broad SMARTS) is 1. The second kappa shape index (κ2) is 14.3. The first-order valence-corrected chi connectivity index (χ1v) is 12.5. The van der Waals surface area contributed by atoms with Crippen LogP contribution in [0.4, 0.5) is 0 Å². The van der Waals surface area contributed by atoms with Crippen LogP contribution in [-0.2, 0) is 39.9 Å². The Kier molecular flexibility index (Phi) is 11.5. The molecule has 1 aliphatic rings. The van der Waals surface area contributed by atoms with Crippen LogP contribution in [0.15, 0.2) is 36.9 Å². The first kappa shape index (κ1) is 29.7. The molecule has 0 heterocycles. The Morgan fingerprint density at radius 2 is 1.59 bits per heavy atom. The lowest BCUT2D eigenvalue weighted by Crippen LogP contribution is -2.28. The first-order valence-electron chi connectivity index (χ1n) is 12.5. The molecule has 202 valence electrons. The van der Waals surface area contributed by atoms with Crippen molar-refractivity contribution in [2.45, 2.75) is 65.2 Å². The van der Waals surface area contributed by atoms with Crippen LogP contribution in [0.1, 0.15) is 64.4 Å². The molecule has 0 spiro atoms. The van der Waals surface area contributed by atoms with Crippen molar-refractivity contribution in [3.05, 3.63) is 42.5 Å². The molecule has 0 amide bonds. The van der Waals surface area contributed by atoms with Gasteiger partial charge in [-0.15, -0.1) is 0 Å². The lowest BCUT2D eigenvalue weighted by Gasteiger charge is -2.24. The maximum absolute atomic E-state index is 12.4. The van der Waals surface area contributed by atoms with Crippen molar-refractivity contribution < 1.29 is 43.3 Å².